The molecule has 0 amide bonds. The average molecular weight is 134 g/mol. The van der Waals surface area contributed by atoms with E-state index in [9.17, 15) is 9.18 Å². The van der Waals surface area contributed by atoms with E-state index in [1.54, 1.807) is 0 Å². The van der Waals surface area contributed by atoms with Crippen LogP contribution in [-0.2, 0) is 9.47 Å². The van der Waals surface area contributed by atoms with Gasteiger partial charge in [0.15, 0.2) is 0 Å². The molecule has 0 bridgehead atoms. The standard InChI is InChI=1S/C5H7FO3/c6-2-1-4-3-8-5(7)9-4/h4H,1-3H2. The smallest absolute Gasteiger partial charge is 0.430 e. The minimum absolute atomic E-state index is 0.197. The maximum atomic E-state index is 11.5. The van der Waals surface area contributed by atoms with Gasteiger partial charge in [-0.3, -0.25) is 4.39 Å². The van der Waals surface area contributed by atoms with E-state index in [0.29, 0.717) is 0 Å². The Bertz CT molecular complexity index is 115. The Morgan fingerprint density at radius 3 is 3.00 bits per heavy atom. The van der Waals surface area contributed by atoms with Crippen LogP contribution in [0.2, 0.25) is 0 Å². The molecule has 9 heavy (non-hydrogen) atoms. The largest absolute Gasteiger partial charge is 0.508 e. The number of halogens is 1. The SMILES string of the molecule is O=C1OCC(CCF)O1. The summed E-state index contributed by atoms with van der Waals surface area (Å²) in [7, 11) is 0. The molecule has 1 aliphatic rings. The van der Waals surface area contributed by atoms with Gasteiger partial charge in [0, 0.05) is 6.42 Å². The Kier molecular flexibility index (Phi) is 1.87. The maximum absolute atomic E-state index is 11.5. The van der Waals surface area contributed by atoms with E-state index < -0.39 is 12.8 Å². The summed E-state index contributed by atoms with van der Waals surface area (Å²) in [6.07, 6.45) is -0.804. The number of carbonyl (C=O) groups excluding carboxylic acids is 1. The first-order valence-corrected chi connectivity index (χ1v) is 2.72. The lowest BCUT2D eigenvalue weighted by atomic mass is 10.3. The Morgan fingerprint density at radius 1 is 1.78 bits per heavy atom. The molecular weight excluding hydrogens is 127 g/mol. The van der Waals surface area contributed by atoms with Crippen LogP contribution in [0.4, 0.5) is 9.18 Å². The van der Waals surface area contributed by atoms with Gasteiger partial charge in [-0.1, -0.05) is 0 Å². The highest BCUT2D eigenvalue weighted by Gasteiger charge is 2.23. The van der Waals surface area contributed by atoms with Gasteiger partial charge in [0.1, 0.15) is 12.7 Å². The molecular formula is C5H7FO3. The maximum Gasteiger partial charge on any atom is 0.508 e. The summed E-state index contributed by atoms with van der Waals surface area (Å²) in [4.78, 5) is 10.2. The molecule has 1 rings (SSSR count). The fourth-order valence-electron chi connectivity index (χ4n) is 0.629. The summed E-state index contributed by atoms with van der Waals surface area (Å²) in [5, 5.41) is 0. The summed E-state index contributed by atoms with van der Waals surface area (Å²) in [6, 6.07) is 0. The summed E-state index contributed by atoms with van der Waals surface area (Å²) >= 11 is 0. The minimum Gasteiger partial charge on any atom is -0.430 e. The summed E-state index contributed by atoms with van der Waals surface area (Å²) in [6.45, 7) is -0.274. The Morgan fingerprint density at radius 2 is 2.56 bits per heavy atom. The lowest BCUT2D eigenvalue weighted by Gasteiger charge is -1.99. The molecule has 0 aromatic carbocycles. The van der Waals surface area contributed by atoms with E-state index in [0.717, 1.165) is 0 Å². The van der Waals surface area contributed by atoms with Crippen LogP contribution in [0, 0.1) is 0 Å². The number of carbonyl (C=O) groups is 1. The van der Waals surface area contributed by atoms with Gasteiger partial charge in [-0.25, -0.2) is 4.79 Å². The first-order chi connectivity index (χ1) is 4.33. The van der Waals surface area contributed by atoms with Crippen LogP contribution < -0.4 is 0 Å². The highest BCUT2D eigenvalue weighted by Crippen LogP contribution is 2.08. The van der Waals surface area contributed by atoms with Crippen LogP contribution in [-0.4, -0.2) is 25.5 Å². The van der Waals surface area contributed by atoms with Crippen LogP contribution in [0.25, 0.3) is 0 Å². The average Bonchev–Trinajstić information content (AvgIpc) is 2.17. The highest BCUT2D eigenvalue weighted by atomic mass is 19.1. The van der Waals surface area contributed by atoms with Crippen molar-refractivity contribution in [1.29, 1.82) is 0 Å². The van der Waals surface area contributed by atoms with Gasteiger partial charge < -0.3 is 9.47 Å². The predicted molar refractivity (Wildman–Crippen MR) is 26.8 cm³/mol. The number of alkyl halides is 1. The summed E-state index contributed by atoms with van der Waals surface area (Å²) in [5.41, 5.74) is 0. The first-order valence-electron chi connectivity index (χ1n) is 2.72. The molecule has 4 heteroatoms. The number of hydrogen-bond donors (Lipinski definition) is 0. The van der Waals surface area contributed by atoms with E-state index in [-0.39, 0.29) is 19.1 Å². The van der Waals surface area contributed by atoms with Gasteiger partial charge in [0.05, 0.1) is 6.67 Å². The van der Waals surface area contributed by atoms with Gasteiger partial charge in [-0.15, -0.1) is 0 Å². The number of ether oxygens (including phenoxy) is 2. The van der Waals surface area contributed by atoms with Crippen LogP contribution in [0.5, 0.6) is 0 Å². The second-order valence-corrected chi connectivity index (χ2v) is 1.78. The highest BCUT2D eigenvalue weighted by molar-refractivity contribution is 5.61. The quantitative estimate of drug-likeness (QED) is 0.526. The zero-order valence-electron chi connectivity index (χ0n) is 4.80. The second kappa shape index (κ2) is 2.66. The third-order valence-corrected chi connectivity index (χ3v) is 1.08. The molecule has 52 valence electrons. The fraction of sp³-hybridized carbons (Fsp3) is 0.800. The van der Waals surface area contributed by atoms with Gasteiger partial charge in [-0.05, 0) is 0 Å². The molecule has 3 nitrogen and oxygen atoms in total. The molecule has 1 heterocycles. The number of cyclic esters (lactones) is 2. The lowest BCUT2D eigenvalue weighted by molar-refractivity contribution is 0.114. The Hall–Kier alpha value is -0.800. The zero-order valence-corrected chi connectivity index (χ0v) is 4.80. The number of hydrogen-bond acceptors (Lipinski definition) is 3. The van der Waals surface area contributed by atoms with E-state index in [4.69, 9.17) is 0 Å². The molecule has 1 fully saturated rings. The minimum atomic E-state index is -0.687. The normalized spacial score (nSPS) is 25.4. The lowest BCUT2D eigenvalue weighted by Crippen LogP contribution is -2.09. The van der Waals surface area contributed by atoms with Crippen molar-refractivity contribution in [3.8, 4) is 0 Å². The second-order valence-electron chi connectivity index (χ2n) is 1.78. The van der Waals surface area contributed by atoms with Crippen molar-refractivity contribution in [2.24, 2.45) is 0 Å². The van der Waals surface area contributed by atoms with E-state index >= 15 is 0 Å². The van der Waals surface area contributed by atoms with Crippen LogP contribution in [0.1, 0.15) is 6.42 Å². The third-order valence-electron chi connectivity index (χ3n) is 1.08. The number of rotatable bonds is 2. The van der Waals surface area contributed by atoms with Crippen molar-refractivity contribution in [1.82, 2.24) is 0 Å². The molecule has 0 radical (unpaired) electrons. The van der Waals surface area contributed by atoms with E-state index in [1.165, 1.54) is 0 Å². The Labute approximate surface area is 51.7 Å². The van der Waals surface area contributed by atoms with Crippen LogP contribution in [0.3, 0.4) is 0 Å². The molecule has 0 N–H and O–H groups in total. The van der Waals surface area contributed by atoms with E-state index in [1.807, 2.05) is 0 Å². The van der Waals surface area contributed by atoms with Crippen LogP contribution in [0.15, 0.2) is 0 Å². The predicted octanol–water partition coefficient (Wildman–Crippen LogP) is 0.881. The molecule has 0 saturated carbocycles. The van der Waals surface area contributed by atoms with Crippen molar-refractivity contribution >= 4 is 6.16 Å². The molecule has 1 unspecified atom stereocenters. The molecule has 0 spiro atoms. The van der Waals surface area contributed by atoms with Gasteiger partial charge in [-0.2, -0.15) is 0 Å². The van der Waals surface area contributed by atoms with Crippen molar-refractivity contribution in [2.45, 2.75) is 12.5 Å². The van der Waals surface area contributed by atoms with Crippen molar-refractivity contribution < 1.29 is 18.7 Å². The first kappa shape index (κ1) is 6.32. The topological polar surface area (TPSA) is 35.5 Å². The molecule has 0 aromatic heterocycles. The molecule has 1 aliphatic heterocycles. The van der Waals surface area contributed by atoms with Crippen molar-refractivity contribution in [3.05, 3.63) is 0 Å². The molecule has 1 saturated heterocycles. The monoisotopic (exact) mass is 134 g/mol. The summed E-state index contributed by atoms with van der Waals surface area (Å²) in [5.74, 6) is 0. The van der Waals surface area contributed by atoms with Gasteiger partial charge in [0.25, 0.3) is 0 Å². The molecule has 1 atom stereocenters. The van der Waals surface area contributed by atoms with Gasteiger partial charge >= 0.3 is 6.16 Å². The third kappa shape index (κ3) is 1.55. The molecule has 0 aliphatic carbocycles. The molecule has 0 aromatic rings. The Balaban J connectivity index is 2.22. The van der Waals surface area contributed by atoms with Crippen molar-refractivity contribution in [2.75, 3.05) is 13.3 Å². The van der Waals surface area contributed by atoms with Crippen LogP contribution >= 0.6 is 0 Å². The zero-order chi connectivity index (χ0) is 6.69. The summed E-state index contributed by atoms with van der Waals surface area (Å²) < 4.78 is 20.4. The van der Waals surface area contributed by atoms with Gasteiger partial charge in [0.2, 0.25) is 0 Å². The van der Waals surface area contributed by atoms with Crippen molar-refractivity contribution in [3.63, 3.8) is 0 Å². The van der Waals surface area contributed by atoms with E-state index in [2.05, 4.69) is 9.47 Å². The fourth-order valence-corrected chi connectivity index (χ4v) is 0.629.